The van der Waals surface area contributed by atoms with Gasteiger partial charge in [-0.2, -0.15) is 0 Å². The van der Waals surface area contributed by atoms with Gasteiger partial charge in [-0.15, -0.1) is 5.10 Å². The molecule has 0 atom stereocenters. The van der Waals surface area contributed by atoms with Crippen molar-refractivity contribution < 1.29 is 14.5 Å². The van der Waals surface area contributed by atoms with E-state index >= 15 is 0 Å². The van der Waals surface area contributed by atoms with Gasteiger partial charge in [-0.05, 0) is 30.5 Å². The van der Waals surface area contributed by atoms with Crippen LogP contribution in [0.3, 0.4) is 0 Å². The number of hydrogen-bond donors (Lipinski definition) is 1. The lowest BCUT2D eigenvalue weighted by atomic mass is 10.1. The molecule has 1 heterocycles. The average Bonchev–Trinajstić information content (AvgIpc) is 3.14. The molecule has 156 valence electrons. The number of hydrogen-bond acceptors (Lipinski definition) is 6. The predicted octanol–water partition coefficient (Wildman–Crippen LogP) is 3.34. The Balaban J connectivity index is 1.72. The smallest absolute Gasteiger partial charge is 0.274 e. The first-order valence-corrected chi connectivity index (χ1v) is 9.61. The van der Waals surface area contributed by atoms with Crippen LogP contribution in [-0.4, -0.2) is 32.4 Å². The van der Waals surface area contributed by atoms with Crippen molar-refractivity contribution in [2.24, 2.45) is 0 Å². The topological polar surface area (TPSA) is 112 Å². The average molecular weight is 409 g/mol. The van der Waals surface area contributed by atoms with Gasteiger partial charge in [0.2, 0.25) is 0 Å². The summed E-state index contributed by atoms with van der Waals surface area (Å²) < 4.78 is 7.02. The molecule has 0 fully saturated rings. The maximum atomic E-state index is 12.7. The lowest BCUT2D eigenvalue weighted by Gasteiger charge is -2.11. The number of nitro benzene ring substituents is 1. The van der Waals surface area contributed by atoms with Crippen LogP contribution in [0.4, 0.5) is 5.69 Å². The highest BCUT2D eigenvalue weighted by Gasteiger charge is 2.18. The van der Waals surface area contributed by atoms with Gasteiger partial charge in [-0.25, -0.2) is 4.68 Å². The minimum Gasteiger partial charge on any atom is -0.377 e. The molecule has 0 spiro atoms. The maximum absolute atomic E-state index is 12.7. The van der Waals surface area contributed by atoms with Gasteiger partial charge < -0.3 is 10.1 Å². The Bertz CT molecular complexity index is 1050. The number of benzene rings is 2. The van der Waals surface area contributed by atoms with Crippen molar-refractivity contribution in [2.45, 2.75) is 33.4 Å². The standard InChI is InChI=1S/C21H23N5O4/c1-3-11-30-14-17-8-5-4-7-16(17)13-22-21(27)20-15(2)25(24-23-20)18-9-6-10-19(12-18)26(28)29/h4-10,12H,3,11,13-14H2,1-2H3,(H,22,27). The Morgan fingerprint density at radius 3 is 2.70 bits per heavy atom. The van der Waals surface area contributed by atoms with Crippen LogP contribution in [-0.2, 0) is 17.9 Å². The van der Waals surface area contributed by atoms with Gasteiger partial charge in [0, 0.05) is 25.3 Å². The Morgan fingerprint density at radius 2 is 1.97 bits per heavy atom. The largest absolute Gasteiger partial charge is 0.377 e. The molecule has 0 aliphatic heterocycles. The molecule has 0 aliphatic carbocycles. The molecular weight excluding hydrogens is 386 g/mol. The summed E-state index contributed by atoms with van der Waals surface area (Å²) in [6.07, 6.45) is 0.943. The van der Waals surface area contributed by atoms with E-state index in [0.29, 0.717) is 31.1 Å². The first-order chi connectivity index (χ1) is 14.5. The lowest BCUT2D eigenvalue weighted by Crippen LogP contribution is -2.24. The monoisotopic (exact) mass is 409 g/mol. The molecule has 0 aliphatic rings. The molecule has 9 heteroatoms. The van der Waals surface area contributed by atoms with Gasteiger partial charge >= 0.3 is 0 Å². The van der Waals surface area contributed by atoms with Crippen LogP contribution in [0, 0.1) is 17.0 Å². The highest BCUT2D eigenvalue weighted by Crippen LogP contribution is 2.18. The zero-order chi connectivity index (χ0) is 21.5. The summed E-state index contributed by atoms with van der Waals surface area (Å²) >= 11 is 0. The van der Waals surface area contributed by atoms with Crippen molar-refractivity contribution in [2.75, 3.05) is 6.61 Å². The van der Waals surface area contributed by atoms with E-state index in [2.05, 4.69) is 22.6 Å². The lowest BCUT2D eigenvalue weighted by molar-refractivity contribution is -0.384. The van der Waals surface area contributed by atoms with E-state index in [-0.39, 0.29) is 17.3 Å². The maximum Gasteiger partial charge on any atom is 0.274 e. The van der Waals surface area contributed by atoms with Gasteiger partial charge in [0.15, 0.2) is 5.69 Å². The molecule has 1 N–H and O–H groups in total. The number of non-ortho nitro benzene ring substituents is 1. The normalized spacial score (nSPS) is 10.7. The van der Waals surface area contributed by atoms with Gasteiger partial charge in [-0.1, -0.05) is 42.5 Å². The van der Waals surface area contributed by atoms with Crippen molar-refractivity contribution in [1.82, 2.24) is 20.3 Å². The number of rotatable bonds is 9. The first kappa shape index (κ1) is 21.1. The van der Waals surface area contributed by atoms with Crippen LogP contribution in [0.2, 0.25) is 0 Å². The van der Waals surface area contributed by atoms with Crippen molar-refractivity contribution in [1.29, 1.82) is 0 Å². The number of carbonyl (C=O) groups excluding carboxylic acids is 1. The second kappa shape index (κ2) is 9.75. The Hall–Kier alpha value is -3.59. The zero-order valence-corrected chi connectivity index (χ0v) is 16.9. The Morgan fingerprint density at radius 1 is 1.20 bits per heavy atom. The predicted molar refractivity (Wildman–Crippen MR) is 110 cm³/mol. The summed E-state index contributed by atoms with van der Waals surface area (Å²) in [5.41, 5.74) is 3.05. The van der Waals surface area contributed by atoms with Crippen LogP contribution in [0.15, 0.2) is 48.5 Å². The second-order valence-electron chi connectivity index (χ2n) is 6.72. The van der Waals surface area contributed by atoms with Crippen molar-refractivity contribution in [3.63, 3.8) is 0 Å². The van der Waals surface area contributed by atoms with Crippen molar-refractivity contribution in [3.05, 3.63) is 81.2 Å². The van der Waals surface area contributed by atoms with E-state index in [0.717, 1.165) is 17.5 Å². The van der Waals surface area contributed by atoms with Crippen LogP contribution in [0.25, 0.3) is 5.69 Å². The third-order valence-corrected chi connectivity index (χ3v) is 4.56. The summed E-state index contributed by atoms with van der Waals surface area (Å²) in [7, 11) is 0. The molecular formula is C21H23N5O4. The summed E-state index contributed by atoms with van der Waals surface area (Å²) in [6.45, 7) is 5.24. The van der Waals surface area contributed by atoms with Crippen molar-refractivity contribution in [3.8, 4) is 5.69 Å². The fraction of sp³-hybridized carbons (Fsp3) is 0.286. The molecule has 0 bridgehead atoms. The van der Waals surface area contributed by atoms with E-state index < -0.39 is 4.92 Å². The Kier molecular flexibility index (Phi) is 6.87. The minimum absolute atomic E-state index is 0.0599. The minimum atomic E-state index is -0.481. The van der Waals surface area contributed by atoms with E-state index in [1.54, 1.807) is 19.1 Å². The van der Waals surface area contributed by atoms with Crippen LogP contribution in [0.5, 0.6) is 0 Å². The van der Waals surface area contributed by atoms with Crippen LogP contribution in [0.1, 0.15) is 40.7 Å². The van der Waals surface area contributed by atoms with Crippen molar-refractivity contribution >= 4 is 11.6 Å². The second-order valence-corrected chi connectivity index (χ2v) is 6.72. The quantitative estimate of drug-likeness (QED) is 0.329. The van der Waals surface area contributed by atoms with Crippen LogP contribution < -0.4 is 5.32 Å². The zero-order valence-electron chi connectivity index (χ0n) is 16.9. The number of nitrogens with zero attached hydrogens (tertiary/aromatic N) is 4. The van der Waals surface area contributed by atoms with E-state index in [1.165, 1.54) is 16.8 Å². The molecule has 1 amide bonds. The van der Waals surface area contributed by atoms with E-state index in [1.807, 2.05) is 24.3 Å². The summed E-state index contributed by atoms with van der Waals surface area (Å²) in [5, 5.41) is 21.8. The molecule has 3 rings (SSSR count). The first-order valence-electron chi connectivity index (χ1n) is 9.61. The molecule has 30 heavy (non-hydrogen) atoms. The number of nitro groups is 1. The van der Waals surface area contributed by atoms with E-state index in [9.17, 15) is 14.9 Å². The highest BCUT2D eigenvalue weighted by atomic mass is 16.6. The fourth-order valence-corrected chi connectivity index (χ4v) is 2.98. The SMILES string of the molecule is CCCOCc1ccccc1CNC(=O)c1nnn(-c2cccc([N+](=O)[O-])c2)c1C. The summed E-state index contributed by atoms with van der Waals surface area (Å²) in [5.74, 6) is -0.367. The molecule has 0 saturated carbocycles. The van der Waals surface area contributed by atoms with Gasteiger partial charge in [0.25, 0.3) is 11.6 Å². The molecule has 1 aromatic heterocycles. The molecule has 0 unspecified atom stereocenters. The molecule has 0 saturated heterocycles. The summed E-state index contributed by atoms with van der Waals surface area (Å²) in [4.78, 5) is 23.2. The number of ether oxygens (including phenoxy) is 1. The highest BCUT2D eigenvalue weighted by molar-refractivity contribution is 5.93. The molecule has 9 nitrogen and oxygen atoms in total. The van der Waals surface area contributed by atoms with Crippen LogP contribution >= 0.6 is 0 Å². The molecule has 0 radical (unpaired) electrons. The Labute approximate surface area is 173 Å². The third-order valence-electron chi connectivity index (χ3n) is 4.56. The number of carbonyl (C=O) groups is 1. The molecule has 3 aromatic rings. The van der Waals surface area contributed by atoms with Gasteiger partial charge in [-0.3, -0.25) is 14.9 Å². The van der Waals surface area contributed by atoms with Gasteiger partial charge in [0.05, 0.1) is 22.9 Å². The number of nitrogens with one attached hydrogen (secondary N) is 1. The molecule has 2 aromatic carbocycles. The van der Waals surface area contributed by atoms with Gasteiger partial charge in [0.1, 0.15) is 0 Å². The third kappa shape index (κ3) is 4.87. The summed E-state index contributed by atoms with van der Waals surface area (Å²) in [6, 6.07) is 13.8. The van der Waals surface area contributed by atoms with E-state index in [4.69, 9.17) is 4.74 Å². The fourth-order valence-electron chi connectivity index (χ4n) is 2.98. The number of amides is 1. The number of aromatic nitrogens is 3.